The van der Waals surface area contributed by atoms with E-state index >= 15 is 0 Å². The van der Waals surface area contributed by atoms with Gasteiger partial charge in [0.1, 0.15) is 17.6 Å². The largest absolute Gasteiger partial charge is 0.497 e. The third kappa shape index (κ3) is 6.89. The summed E-state index contributed by atoms with van der Waals surface area (Å²) in [5.74, 6) is 1.08. The molecule has 31 heavy (non-hydrogen) atoms. The van der Waals surface area contributed by atoms with Crippen molar-refractivity contribution in [3.8, 4) is 11.5 Å². The molecule has 168 valence electrons. The lowest BCUT2D eigenvalue weighted by Crippen LogP contribution is -2.38. The fourth-order valence-electron chi connectivity index (χ4n) is 3.67. The van der Waals surface area contributed by atoms with Gasteiger partial charge >= 0.3 is 0 Å². The van der Waals surface area contributed by atoms with Crippen molar-refractivity contribution in [1.82, 2.24) is 10.2 Å². The van der Waals surface area contributed by atoms with Crippen LogP contribution in [0.3, 0.4) is 0 Å². The SMILES string of the molecule is COCCNC(=O)c1ccc(OC)cc1OC1CCN(Cc2cccc(SC)c2)CC1. The second-order valence-electron chi connectivity index (χ2n) is 7.56. The Balaban J connectivity index is 1.59. The van der Waals surface area contributed by atoms with Crippen molar-refractivity contribution in [2.75, 3.05) is 46.7 Å². The van der Waals surface area contributed by atoms with E-state index < -0.39 is 0 Å². The number of carbonyl (C=O) groups is 1. The van der Waals surface area contributed by atoms with E-state index in [9.17, 15) is 4.79 Å². The van der Waals surface area contributed by atoms with Gasteiger partial charge in [0, 0.05) is 44.3 Å². The van der Waals surface area contributed by atoms with Crippen LogP contribution >= 0.6 is 11.8 Å². The molecule has 0 aliphatic carbocycles. The molecule has 1 aliphatic heterocycles. The second kappa shape index (κ2) is 12.0. The summed E-state index contributed by atoms with van der Waals surface area (Å²) >= 11 is 1.77. The minimum Gasteiger partial charge on any atom is -0.497 e. The molecular formula is C24H32N2O4S. The maximum atomic E-state index is 12.6. The number of methoxy groups -OCH3 is 2. The highest BCUT2D eigenvalue weighted by Gasteiger charge is 2.23. The van der Waals surface area contributed by atoms with Crippen LogP contribution in [0.15, 0.2) is 47.4 Å². The molecule has 0 unspecified atom stereocenters. The number of benzene rings is 2. The van der Waals surface area contributed by atoms with Crippen molar-refractivity contribution in [3.05, 3.63) is 53.6 Å². The summed E-state index contributed by atoms with van der Waals surface area (Å²) in [5.41, 5.74) is 1.86. The Kier molecular flexibility index (Phi) is 9.06. The summed E-state index contributed by atoms with van der Waals surface area (Å²) in [6.07, 6.45) is 4.02. The van der Waals surface area contributed by atoms with Gasteiger partial charge in [-0.2, -0.15) is 0 Å². The minimum atomic E-state index is -0.166. The standard InChI is InChI=1S/C24H32N2O4S/c1-28-14-11-25-24(27)22-8-7-20(29-2)16-23(22)30-19-9-12-26(13-10-19)17-18-5-4-6-21(15-18)31-3/h4-8,15-16,19H,9-14,17H2,1-3H3,(H,25,27). The summed E-state index contributed by atoms with van der Waals surface area (Å²) < 4.78 is 16.6. The number of thioether (sulfide) groups is 1. The van der Waals surface area contributed by atoms with Crippen LogP contribution in [-0.4, -0.2) is 63.6 Å². The molecular weight excluding hydrogens is 412 g/mol. The molecule has 7 heteroatoms. The highest BCUT2D eigenvalue weighted by molar-refractivity contribution is 7.98. The van der Waals surface area contributed by atoms with E-state index in [-0.39, 0.29) is 12.0 Å². The zero-order valence-electron chi connectivity index (χ0n) is 18.6. The van der Waals surface area contributed by atoms with Gasteiger partial charge in [-0.3, -0.25) is 9.69 Å². The van der Waals surface area contributed by atoms with Crippen LogP contribution in [0.1, 0.15) is 28.8 Å². The Morgan fingerprint density at radius 2 is 1.97 bits per heavy atom. The lowest BCUT2D eigenvalue weighted by atomic mass is 10.1. The number of nitrogens with zero attached hydrogens (tertiary/aromatic N) is 1. The van der Waals surface area contributed by atoms with Gasteiger partial charge in [-0.25, -0.2) is 0 Å². The molecule has 1 N–H and O–H groups in total. The molecule has 0 bridgehead atoms. The third-order valence-electron chi connectivity index (χ3n) is 5.39. The van der Waals surface area contributed by atoms with Crippen LogP contribution in [0.2, 0.25) is 0 Å². The number of carbonyl (C=O) groups excluding carboxylic acids is 1. The maximum absolute atomic E-state index is 12.6. The molecule has 3 rings (SSSR count). The van der Waals surface area contributed by atoms with E-state index in [0.29, 0.717) is 30.2 Å². The average Bonchev–Trinajstić information content (AvgIpc) is 2.80. The molecule has 0 atom stereocenters. The Labute approximate surface area is 189 Å². The van der Waals surface area contributed by atoms with Crippen molar-refractivity contribution in [3.63, 3.8) is 0 Å². The molecule has 2 aromatic carbocycles. The van der Waals surface area contributed by atoms with Crippen molar-refractivity contribution < 1.29 is 19.0 Å². The van der Waals surface area contributed by atoms with Crippen LogP contribution in [0.4, 0.5) is 0 Å². The van der Waals surface area contributed by atoms with Crippen molar-refractivity contribution in [2.45, 2.75) is 30.4 Å². The number of nitrogens with one attached hydrogen (secondary N) is 1. The van der Waals surface area contributed by atoms with Crippen LogP contribution in [0.5, 0.6) is 11.5 Å². The van der Waals surface area contributed by atoms with E-state index in [1.54, 1.807) is 44.2 Å². The monoisotopic (exact) mass is 444 g/mol. The van der Waals surface area contributed by atoms with Crippen LogP contribution < -0.4 is 14.8 Å². The number of piperidine rings is 1. The minimum absolute atomic E-state index is 0.0754. The first-order chi connectivity index (χ1) is 15.1. The number of ether oxygens (including phenoxy) is 3. The Bertz CT molecular complexity index is 853. The fourth-order valence-corrected chi connectivity index (χ4v) is 4.15. The smallest absolute Gasteiger partial charge is 0.255 e. The summed E-state index contributed by atoms with van der Waals surface area (Å²) in [7, 11) is 3.22. The first-order valence-electron chi connectivity index (χ1n) is 10.6. The molecule has 1 saturated heterocycles. The first-order valence-corrected chi connectivity index (χ1v) is 11.8. The summed E-state index contributed by atoms with van der Waals surface area (Å²) in [6.45, 7) is 3.81. The first kappa shape index (κ1) is 23.4. The maximum Gasteiger partial charge on any atom is 0.255 e. The van der Waals surface area contributed by atoms with Gasteiger partial charge in [0.15, 0.2) is 0 Å². The normalized spacial score (nSPS) is 14.9. The Morgan fingerprint density at radius 3 is 2.68 bits per heavy atom. The molecule has 1 fully saturated rings. The van der Waals surface area contributed by atoms with Crippen molar-refractivity contribution in [2.24, 2.45) is 0 Å². The van der Waals surface area contributed by atoms with Gasteiger partial charge in [0.2, 0.25) is 0 Å². The average molecular weight is 445 g/mol. The van der Waals surface area contributed by atoms with Gasteiger partial charge in [0.05, 0.1) is 19.3 Å². The Morgan fingerprint density at radius 1 is 1.16 bits per heavy atom. The number of hydrogen-bond donors (Lipinski definition) is 1. The van der Waals surface area contributed by atoms with Crippen molar-refractivity contribution >= 4 is 17.7 Å². The lowest BCUT2D eigenvalue weighted by molar-refractivity contribution is 0.0881. The predicted molar refractivity (Wildman–Crippen MR) is 124 cm³/mol. The van der Waals surface area contributed by atoms with E-state index in [4.69, 9.17) is 14.2 Å². The summed E-state index contributed by atoms with van der Waals surface area (Å²) in [5, 5.41) is 2.86. The summed E-state index contributed by atoms with van der Waals surface area (Å²) in [6, 6.07) is 14.1. The van der Waals surface area contributed by atoms with E-state index in [0.717, 1.165) is 32.5 Å². The van der Waals surface area contributed by atoms with Gasteiger partial charge in [-0.1, -0.05) is 12.1 Å². The Hall–Kier alpha value is -2.22. The molecule has 6 nitrogen and oxygen atoms in total. The lowest BCUT2D eigenvalue weighted by Gasteiger charge is -2.32. The van der Waals surface area contributed by atoms with Crippen LogP contribution in [-0.2, 0) is 11.3 Å². The molecule has 0 aromatic heterocycles. The van der Waals surface area contributed by atoms with Gasteiger partial charge in [-0.05, 0) is 48.9 Å². The second-order valence-corrected chi connectivity index (χ2v) is 8.44. The van der Waals surface area contributed by atoms with E-state index in [2.05, 4.69) is 40.7 Å². The number of hydrogen-bond acceptors (Lipinski definition) is 6. The van der Waals surface area contributed by atoms with Crippen LogP contribution in [0.25, 0.3) is 0 Å². The third-order valence-corrected chi connectivity index (χ3v) is 6.12. The molecule has 0 radical (unpaired) electrons. The summed E-state index contributed by atoms with van der Waals surface area (Å²) in [4.78, 5) is 16.3. The molecule has 1 heterocycles. The predicted octanol–water partition coefficient (Wildman–Crippen LogP) is 3.84. The van der Waals surface area contributed by atoms with Crippen LogP contribution in [0, 0.1) is 0 Å². The quantitative estimate of drug-likeness (QED) is 0.444. The molecule has 2 aromatic rings. The molecule has 0 spiro atoms. The topological polar surface area (TPSA) is 60.0 Å². The van der Waals surface area contributed by atoms with E-state index in [1.165, 1.54) is 10.5 Å². The molecule has 0 saturated carbocycles. The highest BCUT2D eigenvalue weighted by Crippen LogP contribution is 2.28. The highest BCUT2D eigenvalue weighted by atomic mass is 32.2. The zero-order valence-corrected chi connectivity index (χ0v) is 19.4. The number of likely N-dealkylation sites (tertiary alicyclic amines) is 1. The molecule has 1 aliphatic rings. The van der Waals surface area contributed by atoms with E-state index in [1.807, 2.05) is 0 Å². The fraction of sp³-hybridized carbons (Fsp3) is 0.458. The molecule has 1 amide bonds. The number of rotatable bonds is 10. The zero-order chi connectivity index (χ0) is 22.1. The van der Waals surface area contributed by atoms with Gasteiger partial charge in [0.25, 0.3) is 5.91 Å². The van der Waals surface area contributed by atoms with Crippen molar-refractivity contribution in [1.29, 1.82) is 0 Å². The van der Waals surface area contributed by atoms with Gasteiger partial charge in [-0.15, -0.1) is 11.8 Å². The van der Waals surface area contributed by atoms with Gasteiger partial charge < -0.3 is 19.5 Å². The number of amides is 1.